The summed E-state index contributed by atoms with van der Waals surface area (Å²) in [4.78, 5) is 13.4. The number of nitrogens with zero attached hydrogens (tertiary/aromatic N) is 4. The minimum Gasteiger partial charge on any atom is -0.381 e. The van der Waals surface area contributed by atoms with E-state index >= 15 is 0 Å². The summed E-state index contributed by atoms with van der Waals surface area (Å²) in [5.74, 6) is 0.666. The predicted molar refractivity (Wildman–Crippen MR) is 128 cm³/mol. The monoisotopic (exact) mass is 515 g/mol. The van der Waals surface area contributed by atoms with Crippen molar-refractivity contribution in [2.45, 2.75) is 19.3 Å². The second-order valence-corrected chi connectivity index (χ2v) is 7.46. The van der Waals surface area contributed by atoms with Gasteiger partial charge in [-0.1, -0.05) is 30.3 Å². The zero-order valence-electron chi connectivity index (χ0n) is 16.2. The molecule has 0 spiro atoms. The zero-order chi connectivity index (χ0) is 18.7. The van der Waals surface area contributed by atoms with E-state index in [1.807, 2.05) is 17.6 Å². The van der Waals surface area contributed by atoms with Gasteiger partial charge in [0.05, 0.1) is 6.61 Å². The van der Waals surface area contributed by atoms with Crippen LogP contribution in [0.2, 0.25) is 0 Å². The number of thiazole rings is 1. The largest absolute Gasteiger partial charge is 0.381 e. The lowest BCUT2D eigenvalue weighted by Gasteiger charge is -2.35. The number of hydrogen-bond acceptors (Lipinski definition) is 5. The highest BCUT2D eigenvalue weighted by molar-refractivity contribution is 14.0. The van der Waals surface area contributed by atoms with Crippen LogP contribution in [0.1, 0.15) is 18.4 Å². The van der Waals surface area contributed by atoms with Gasteiger partial charge < -0.3 is 20.3 Å². The Hall–Kier alpha value is -1.39. The van der Waals surface area contributed by atoms with Crippen LogP contribution in [0.15, 0.2) is 46.9 Å². The van der Waals surface area contributed by atoms with Crippen molar-refractivity contribution in [2.24, 2.45) is 10.7 Å². The molecule has 8 heteroatoms. The van der Waals surface area contributed by atoms with Crippen LogP contribution in [0.4, 0.5) is 5.13 Å². The van der Waals surface area contributed by atoms with Gasteiger partial charge in [0, 0.05) is 50.9 Å². The molecular formula is C20H30IN5OS. The van der Waals surface area contributed by atoms with E-state index in [0.717, 1.165) is 70.3 Å². The topological polar surface area (TPSA) is 67.0 Å². The van der Waals surface area contributed by atoms with Gasteiger partial charge in [0.1, 0.15) is 0 Å². The number of guanidine groups is 1. The molecule has 0 amide bonds. The highest BCUT2D eigenvalue weighted by Crippen LogP contribution is 2.18. The van der Waals surface area contributed by atoms with Crippen LogP contribution in [-0.4, -0.2) is 61.8 Å². The summed E-state index contributed by atoms with van der Waals surface area (Å²) < 4.78 is 5.71. The van der Waals surface area contributed by atoms with Crippen LogP contribution in [-0.2, 0) is 11.2 Å². The van der Waals surface area contributed by atoms with Crippen molar-refractivity contribution < 1.29 is 4.74 Å². The highest BCUT2D eigenvalue weighted by atomic mass is 127. The molecule has 1 aliphatic heterocycles. The molecule has 0 saturated carbocycles. The molecule has 0 aliphatic carbocycles. The van der Waals surface area contributed by atoms with Gasteiger partial charge >= 0.3 is 0 Å². The number of hydrogen-bond donors (Lipinski definition) is 1. The third kappa shape index (κ3) is 7.56. The quantitative estimate of drug-likeness (QED) is 0.241. The molecule has 0 bridgehead atoms. The molecule has 0 radical (unpaired) electrons. The Morgan fingerprint density at radius 2 is 1.89 bits per heavy atom. The number of aromatic nitrogens is 1. The summed E-state index contributed by atoms with van der Waals surface area (Å²) in [5.41, 5.74) is 7.48. The number of unbranched alkanes of at least 4 members (excludes halogenated alkanes) is 1. The lowest BCUT2D eigenvalue weighted by Crippen LogP contribution is -2.51. The van der Waals surface area contributed by atoms with E-state index in [1.165, 1.54) is 5.56 Å². The number of benzene rings is 1. The van der Waals surface area contributed by atoms with Crippen molar-refractivity contribution in [2.75, 3.05) is 50.8 Å². The Bertz CT molecular complexity index is 675. The minimum atomic E-state index is 0. The van der Waals surface area contributed by atoms with Crippen LogP contribution in [0.3, 0.4) is 0 Å². The summed E-state index contributed by atoms with van der Waals surface area (Å²) in [5, 5.41) is 3.11. The Morgan fingerprint density at radius 1 is 1.11 bits per heavy atom. The van der Waals surface area contributed by atoms with Crippen LogP contribution in [0.5, 0.6) is 0 Å². The number of ether oxygens (including phenoxy) is 1. The molecule has 154 valence electrons. The van der Waals surface area contributed by atoms with Gasteiger partial charge in [-0.05, 0) is 24.8 Å². The van der Waals surface area contributed by atoms with Gasteiger partial charge in [0.15, 0.2) is 11.1 Å². The van der Waals surface area contributed by atoms with Gasteiger partial charge in [0.2, 0.25) is 0 Å². The first kappa shape index (κ1) is 22.9. The molecule has 1 aromatic carbocycles. The fourth-order valence-corrected chi connectivity index (χ4v) is 3.74. The Morgan fingerprint density at radius 3 is 2.61 bits per heavy atom. The van der Waals surface area contributed by atoms with Gasteiger partial charge in [-0.25, -0.2) is 4.98 Å². The van der Waals surface area contributed by atoms with E-state index in [-0.39, 0.29) is 24.0 Å². The number of aliphatic imine (C=N–C) groups is 1. The normalized spacial score (nSPS) is 14.8. The molecule has 1 aliphatic rings. The molecule has 28 heavy (non-hydrogen) atoms. The van der Waals surface area contributed by atoms with Gasteiger partial charge in [-0.15, -0.1) is 35.3 Å². The van der Waals surface area contributed by atoms with Crippen LogP contribution >= 0.6 is 35.3 Å². The summed E-state index contributed by atoms with van der Waals surface area (Å²) in [7, 11) is 0. The Labute approximate surface area is 188 Å². The van der Waals surface area contributed by atoms with E-state index in [1.54, 1.807) is 11.3 Å². The molecular weight excluding hydrogens is 485 g/mol. The first-order valence-electron chi connectivity index (χ1n) is 9.64. The summed E-state index contributed by atoms with van der Waals surface area (Å²) in [6.07, 6.45) is 4.85. The number of piperazine rings is 1. The van der Waals surface area contributed by atoms with E-state index in [9.17, 15) is 0 Å². The maximum atomic E-state index is 6.15. The van der Waals surface area contributed by atoms with Crippen LogP contribution < -0.4 is 10.6 Å². The van der Waals surface area contributed by atoms with Crippen molar-refractivity contribution in [3.05, 3.63) is 47.5 Å². The summed E-state index contributed by atoms with van der Waals surface area (Å²) in [6, 6.07) is 10.4. The molecule has 0 unspecified atom stereocenters. The van der Waals surface area contributed by atoms with Crippen molar-refractivity contribution in [1.29, 1.82) is 0 Å². The van der Waals surface area contributed by atoms with Crippen LogP contribution in [0.25, 0.3) is 0 Å². The average molecular weight is 515 g/mol. The first-order chi connectivity index (χ1) is 13.3. The third-order valence-corrected chi connectivity index (χ3v) is 5.47. The van der Waals surface area contributed by atoms with Gasteiger partial charge in [0.25, 0.3) is 0 Å². The highest BCUT2D eigenvalue weighted by Gasteiger charge is 2.19. The third-order valence-electron chi connectivity index (χ3n) is 4.64. The number of anilines is 1. The standard InChI is InChI=1S/C20H29N5OS.HI/c21-19(24-11-13-25(14-12-24)20-23-10-17-27-20)22-9-4-5-15-26-16-8-18-6-2-1-3-7-18;/h1-3,6-7,10,17H,4-5,8-9,11-16H2,(H2,21,22);1H. The molecule has 2 aromatic rings. The maximum Gasteiger partial charge on any atom is 0.191 e. The lowest BCUT2D eigenvalue weighted by atomic mass is 10.2. The number of halogens is 1. The summed E-state index contributed by atoms with van der Waals surface area (Å²) >= 11 is 1.69. The van der Waals surface area contributed by atoms with Crippen molar-refractivity contribution in [1.82, 2.24) is 9.88 Å². The Kier molecular flexibility index (Phi) is 10.6. The van der Waals surface area contributed by atoms with E-state index in [0.29, 0.717) is 5.96 Å². The summed E-state index contributed by atoms with van der Waals surface area (Å²) in [6.45, 7) is 6.01. The number of rotatable bonds is 9. The van der Waals surface area contributed by atoms with E-state index in [2.05, 4.69) is 44.0 Å². The van der Waals surface area contributed by atoms with Gasteiger partial charge in [-0.2, -0.15) is 0 Å². The van der Waals surface area contributed by atoms with E-state index in [4.69, 9.17) is 10.5 Å². The molecule has 1 aromatic heterocycles. The fraction of sp³-hybridized carbons (Fsp3) is 0.500. The van der Waals surface area contributed by atoms with Crippen molar-refractivity contribution >= 4 is 46.4 Å². The number of nitrogens with two attached hydrogens (primary N) is 1. The van der Waals surface area contributed by atoms with Crippen molar-refractivity contribution in [3.8, 4) is 0 Å². The maximum absolute atomic E-state index is 6.15. The van der Waals surface area contributed by atoms with Crippen molar-refractivity contribution in [3.63, 3.8) is 0 Å². The first-order valence-corrected chi connectivity index (χ1v) is 10.5. The molecule has 3 rings (SSSR count). The minimum absolute atomic E-state index is 0. The lowest BCUT2D eigenvalue weighted by molar-refractivity contribution is 0.134. The molecule has 0 atom stereocenters. The molecule has 6 nitrogen and oxygen atoms in total. The second-order valence-electron chi connectivity index (χ2n) is 6.58. The smallest absolute Gasteiger partial charge is 0.191 e. The second kappa shape index (κ2) is 12.9. The molecule has 1 fully saturated rings. The predicted octanol–water partition coefficient (Wildman–Crippen LogP) is 3.24. The molecule has 2 heterocycles. The van der Waals surface area contributed by atoms with Crippen LogP contribution in [0, 0.1) is 0 Å². The molecule has 2 N–H and O–H groups in total. The zero-order valence-corrected chi connectivity index (χ0v) is 19.4. The van der Waals surface area contributed by atoms with E-state index < -0.39 is 0 Å². The average Bonchev–Trinajstić information content (AvgIpc) is 3.25. The SMILES string of the molecule is I.NC(=NCCCCOCCc1ccccc1)N1CCN(c2nccs2)CC1. The molecule has 1 saturated heterocycles. The van der Waals surface area contributed by atoms with Gasteiger partial charge in [-0.3, -0.25) is 4.99 Å². The fourth-order valence-electron chi connectivity index (χ4n) is 3.05. The Balaban J connectivity index is 0.00000280.